The molecule has 0 aliphatic carbocycles. The number of carboxylic acid groups (broad SMARTS) is 3. The van der Waals surface area contributed by atoms with Crippen molar-refractivity contribution in [3.05, 3.63) is 60.7 Å². The van der Waals surface area contributed by atoms with Crippen LogP contribution in [0, 0.1) is 11.6 Å². The van der Waals surface area contributed by atoms with Gasteiger partial charge in [0.2, 0.25) is 5.91 Å². The summed E-state index contributed by atoms with van der Waals surface area (Å²) >= 11 is 2.66. The third kappa shape index (κ3) is 23.1. The summed E-state index contributed by atoms with van der Waals surface area (Å²) in [5.74, 6) is -1.49. The maximum Gasteiger partial charge on any atom is 0.400 e. The fourth-order valence-corrected chi connectivity index (χ4v) is 1.83. The molecule has 1 aromatic rings. The van der Waals surface area contributed by atoms with Gasteiger partial charge in [-0.05, 0) is 12.1 Å². The summed E-state index contributed by atoms with van der Waals surface area (Å²) in [6.45, 7) is 3.71. The number of hydrogen-bond acceptors (Lipinski definition) is 5. The number of amides is 1. The molecule has 1 atom stereocenters. The number of nitrogens with one attached hydrogen (secondary N) is 1. The van der Waals surface area contributed by atoms with E-state index in [4.69, 9.17) is 25.1 Å². The number of alkyl halides is 1. The first-order valence-electron chi connectivity index (χ1n) is 8.30. The van der Waals surface area contributed by atoms with Crippen molar-refractivity contribution in [1.29, 1.82) is 0 Å². The second-order valence-electron chi connectivity index (χ2n) is 5.26. The third-order valence-corrected chi connectivity index (χ3v) is 3.66. The fraction of sp³-hybridized carbons (Fsp3) is 0.158. The maximum atomic E-state index is 10.6. The van der Waals surface area contributed by atoms with E-state index >= 15 is 0 Å². The molecule has 0 aromatic heterocycles. The lowest BCUT2D eigenvalue weighted by molar-refractivity contribution is -0.142. The van der Waals surface area contributed by atoms with Gasteiger partial charge < -0.3 is 30.4 Å². The Bertz CT molecular complexity index is 915. The highest BCUT2D eigenvalue weighted by Crippen LogP contribution is 2.31. The van der Waals surface area contributed by atoms with Crippen LogP contribution in [0.5, 0.6) is 0 Å². The first-order valence-corrected chi connectivity index (χ1v) is 10.8. The number of carbonyl (C=O) groups is 4. The molecular formula is C19H21BrNO10P. The molecule has 11 nitrogen and oxygen atoms in total. The zero-order valence-electron chi connectivity index (χ0n) is 16.4. The summed E-state index contributed by atoms with van der Waals surface area (Å²) in [7, 11) is -4.19. The van der Waals surface area contributed by atoms with Crippen molar-refractivity contribution >= 4 is 47.3 Å². The van der Waals surface area contributed by atoms with Crippen LogP contribution in [-0.2, 0) is 23.7 Å². The Balaban J connectivity index is 0. The van der Waals surface area contributed by atoms with Gasteiger partial charge in [0.15, 0.2) is 0 Å². The quantitative estimate of drug-likeness (QED) is 0.0978. The van der Waals surface area contributed by atoms with Gasteiger partial charge in [-0.25, -0.2) is 9.36 Å². The minimum absolute atomic E-state index is 0.336. The average molecular weight is 534 g/mol. The number of aliphatic carboxylic acids is 3. The Labute approximate surface area is 191 Å². The zero-order valence-corrected chi connectivity index (χ0v) is 18.9. The minimum Gasteiger partial charge on any atom is -0.481 e. The average Bonchev–Trinajstić information content (AvgIpc) is 2.70. The van der Waals surface area contributed by atoms with Crippen LogP contribution in [-0.4, -0.2) is 60.3 Å². The predicted octanol–water partition coefficient (Wildman–Crippen LogP) is 1.41. The van der Waals surface area contributed by atoms with E-state index in [1.165, 1.54) is 6.08 Å². The molecule has 6 N–H and O–H groups in total. The van der Waals surface area contributed by atoms with Crippen molar-refractivity contribution in [2.45, 2.75) is 11.2 Å². The van der Waals surface area contributed by atoms with Gasteiger partial charge in [-0.3, -0.25) is 14.4 Å². The molecule has 13 heteroatoms. The Morgan fingerprint density at radius 2 is 1.66 bits per heavy atom. The van der Waals surface area contributed by atoms with Crippen LogP contribution in [0.25, 0.3) is 0 Å². The third-order valence-electron chi connectivity index (χ3n) is 2.54. The lowest BCUT2D eigenvalue weighted by Gasteiger charge is -1.96. The highest BCUT2D eigenvalue weighted by atomic mass is 79.9. The van der Waals surface area contributed by atoms with Crippen molar-refractivity contribution in [3.63, 3.8) is 0 Å². The number of benzene rings is 1. The van der Waals surface area contributed by atoms with Gasteiger partial charge in [-0.15, -0.1) is 6.58 Å². The molecule has 0 radical (unpaired) electrons. The Morgan fingerprint density at radius 3 is 2.03 bits per heavy atom. The highest BCUT2D eigenvalue weighted by Gasteiger charge is 2.16. The second-order valence-corrected chi connectivity index (χ2v) is 7.67. The molecule has 0 aliphatic rings. The molecule has 32 heavy (non-hydrogen) atoms. The van der Waals surface area contributed by atoms with Crippen molar-refractivity contribution in [2.75, 3.05) is 6.54 Å². The normalized spacial score (nSPS) is 10.6. The molecule has 0 aliphatic heterocycles. The number of halogens is 1. The maximum absolute atomic E-state index is 10.6. The molecule has 1 unspecified atom stereocenters. The molecule has 174 valence electrons. The van der Waals surface area contributed by atoms with E-state index in [1.54, 1.807) is 24.3 Å². The van der Waals surface area contributed by atoms with Crippen LogP contribution in [0.4, 0.5) is 0 Å². The Morgan fingerprint density at radius 1 is 1.09 bits per heavy atom. The van der Waals surface area contributed by atoms with Crippen LogP contribution in [0.15, 0.2) is 55.1 Å². The topological polar surface area (TPSA) is 199 Å². The smallest absolute Gasteiger partial charge is 0.400 e. The Hall–Kier alpha value is -3.23. The van der Waals surface area contributed by atoms with Crippen LogP contribution >= 0.6 is 23.5 Å². The van der Waals surface area contributed by atoms with E-state index in [-0.39, 0.29) is 0 Å². The number of rotatable bonds is 7. The van der Waals surface area contributed by atoms with Gasteiger partial charge in [0.05, 0.1) is 6.42 Å². The second kappa shape index (κ2) is 17.5. The monoisotopic (exact) mass is 533 g/mol. The zero-order chi connectivity index (χ0) is 25.2. The van der Waals surface area contributed by atoms with Crippen LogP contribution in [0.1, 0.15) is 12.0 Å². The molecule has 1 amide bonds. The molecule has 0 saturated carbocycles. The molecule has 1 rings (SSSR count). The fourth-order valence-electron chi connectivity index (χ4n) is 1.28. The number of hydrogen-bond donors (Lipinski definition) is 6. The summed E-state index contributed by atoms with van der Waals surface area (Å²) in [4.78, 5) is 56.1. The van der Waals surface area contributed by atoms with E-state index < -0.39 is 42.7 Å². The summed E-state index contributed by atoms with van der Waals surface area (Å²) in [5, 5.41) is 26.6. The standard InChI is InChI=1S/C8H7O3P.C7H9NO3.C4H5BrO4/c9-12(10,11)7-6-8-4-2-1-3-5-8;1-2-5-8-6(9)3-4-7(10)11;5-2(4(8)9)1-3(6)7/h1-5H,(H2,9,10,11);2-4H,1,5H2,(H,8,9)(H,10,11);2H,1H2,(H,6,7)(H,8,9). The lowest BCUT2D eigenvalue weighted by Crippen LogP contribution is -2.20. The summed E-state index contributed by atoms with van der Waals surface area (Å²) < 4.78 is 10.3. The van der Waals surface area contributed by atoms with E-state index in [9.17, 15) is 23.7 Å². The van der Waals surface area contributed by atoms with Gasteiger partial charge in [0, 0.05) is 29.9 Å². The van der Waals surface area contributed by atoms with Crippen molar-refractivity contribution in [3.8, 4) is 11.6 Å². The van der Waals surface area contributed by atoms with Gasteiger partial charge in [0.1, 0.15) is 4.83 Å². The molecule has 0 spiro atoms. The minimum atomic E-state index is -4.19. The highest BCUT2D eigenvalue weighted by molar-refractivity contribution is 9.10. The van der Waals surface area contributed by atoms with Gasteiger partial charge in [0.25, 0.3) is 0 Å². The van der Waals surface area contributed by atoms with E-state index in [0.29, 0.717) is 12.1 Å². The van der Waals surface area contributed by atoms with Crippen molar-refractivity contribution < 1.29 is 48.8 Å². The van der Waals surface area contributed by atoms with Crippen LogP contribution in [0.3, 0.4) is 0 Å². The van der Waals surface area contributed by atoms with Gasteiger partial charge in [-0.1, -0.05) is 46.1 Å². The van der Waals surface area contributed by atoms with Crippen LogP contribution in [0.2, 0.25) is 0 Å². The molecule has 0 saturated heterocycles. The number of carbonyl (C=O) groups excluding carboxylic acids is 1. The lowest BCUT2D eigenvalue weighted by atomic mass is 10.2. The molecule has 0 fully saturated rings. The largest absolute Gasteiger partial charge is 0.481 e. The Kier molecular flexibility index (Phi) is 16.9. The van der Waals surface area contributed by atoms with Crippen molar-refractivity contribution in [1.82, 2.24) is 5.32 Å². The molecular weight excluding hydrogens is 513 g/mol. The van der Waals surface area contributed by atoms with Gasteiger partial charge >= 0.3 is 25.5 Å². The predicted molar refractivity (Wildman–Crippen MR) is 118 cm³/mol. The van der Waals surface area contributed by atoms with E-state index in [0.717, 1.165) is 12.2 Å². The van der Waals surface area contributed by atoms with Gasteiger partial charge in [-0.2, -0.15) is 0 Å². The molecule has 0 bridgehead atoms. The first kappa shape index (κ1) is 31.0. The summed E-state index contributed by atoms with van der Waals surface area (Å²) in [5.41, 5.74) is 2.45. The number of carboxylic acids is 3. The van der Waals surface area contributed by atoms with Crippen molar-refractivity contribution in [2.24, 2.45) is 0 Å². The SMILES string of the molecule is C=CCNC(=O)C=CC(=O)O.O=C(O)CC(Br)C(=O)O.O=P(O)(O)C#Cc1ccccc1. The summed E-state index contributed by atoms with van der Waals surface area (Å²) in [6.07, 6.45) is 2.84. The van der Waals surface area contributed by atoms with E-state index in [2.05, 4.69) is 33.7 Å². The van der Waals surface area contributed by atoms with E-state index in [1.807, 2.05) is 11.7 Å². The van der Waals surface area contributed by atoms with Crippen LogP contribution < -0.4 is 5.32 Å². The summed E-state index contributed by atoms with van der Waals surface area (Å²) in [6, 6.07) is 8.68. The molecule has 1 aromatic carbocycles. The molecule has 0 heterocycles. The first-order chi connectivity index (χ1) is 14.8.